The molecular weight excluding hydrogens is 420 g/mol. The molecule has 31 heavy (non-hydrogen) atoms. The lowest BCUT2D eigenvalue weighted by atomic mass is 10.2. The molecule has 0 radical (unpaired) electrons. The maximum absolute atomic E-state index is 12.3. The highest BCUT2D eigenvalue weighted by molar-refractivity contribution is 7.92. The van der Waals surface area contributed by atoms with Crippen LogP contribution in [0.15, 0.2) is 42.5 Å². The molecule has 1 aliphatic rings. The summed E-state index contributed by atoms with van der Waals surface area (Å²) in [5.74, 6) is 1.73. The predicted octanol–water partition coefficient (Wildman–Crippen LogP) is 2.72. The molecule has 2 aromatic rings. The number of hydrogen-bond acceptors (Lipinski definition) is 6. The lowest BCUT2D eigenvalue weighted by Crippen LogP contribution is -2.32. The number of benzene rings is 2. The molecule has 0 unspecified atom stereocenters. The number of rotatable bonds is 10. The van der Waals surface area contributed by atoms with E-state index in [9.17, 15) is 13.2 Å². The fraction of sp³-hybridized carbons (Fsp3) is 0.409. The average Bonchev–Trinajstić information content (AvgIpc) is 2.74. The van der Waals surface area contributed by atoms with Gasteiger partial charge >= 0.3 is 0 Å². The van der Waals surface area contributed by atoms with Gasteiger partial charge in [0.05, 0.1) is 18.6 Å². The third-order valence-corrected chi connectivity index (χ3v) is 5.87. The number of carbonyl (C=O) groups excluding carboxylic acids is 1. The Bertz CT molecular complexity index is 1010. The number of carbonyl (C=O) groups is 1. The second-order valence-corrected chi connectivity index (χ2v) is 9.03. The Balaban J connectivity index is 1.54. The first kappa shape index (κ1) is 22.7. The van der Waals surface area contributed by atoms with Crippen LogP contribution in [0, 0.1) is 0 Å². The third kappa shape index (κ3) is 6.52. The summed E-state index contributed by atoms with van der Waals surface area (Å²) in [6.45, 7) is 3.95. The molecule has 168 valence electrons. The van der Waals surface area contributed by atoms with Crippen LogP contribution in [0.5, 0.6) is 17.2 Å². The van der Waals surface area contributed by atoms with E-state index in [1.807, 2.05) is 31.2 Å². The van der Waals surface area contributed by atoms with Gasteiger partial charge < -0.3 is 19.5 Å². The number of ether oxygens (including phenoxy) is 3. The van der Waals surface area contributed by atoms with Crippen LogP contribution in [0.3, 0.4) is 0 Å². The standard InChI is InChI=1S/C22H28N2O6S/c1-3-28-19-7-4-6-17(14-19)16-23-22(25)8-5-11-24(31(2,26)27)18-9-10-20-21(15-18)30-13-12-29-20/h4,6-7,9-10,14-15H,3,5,8,11-13,16H2,1-2H3,(H,23,25). The van der Waals surface area contributed by atoms with E-state index in [0.717, 1.165) is 17.6 Å². The lowest BCUT2D eigenvalue weighted by Gasteiger charge is -2.25. The summed E-state index contributed by atoms with van der Waals surface area (Å²) in [4.78, 5) is 12.2. The SMILES string of the molecule is CCOc1cccc(CNC(=O)CCCN(c2ccc3c(c2)OCCO3)S(C)(=O)=O)c1. The van der Waals surface area contributed by atoms with Gasteiger partial charge in [-0.2, -0.15) is 0 Å². The molecule has 0 aliphatic carbocycles. The summed E-state index contributed by atoms with van der Waals surface area (Å²) in [7, 11) is -3.52. The van der Waals surface area contributed by atoms with Gasteiger partial charge in [-0.05, 0) is 43.2 Å². The summed E-state index contributed by atoms with van der Waals surface area (Å²) in [6.07, 6.45) is 1.74. The molecular formula is C22H28N2O6S. The molecule has 0 fully saturated rings. The molecule has 1 amide bonds. The summed E-state index contributed by atoms with van der Waals surface area (Å²) < 4.78 is 42.4. The highest BCUT2D eigenvalue weighted by Crippen LogP contribution is 2.34. The van der Waals surface area contributed by atoms with Crippen LogP contribution in [0.25, 0.3) is 0 Å². The van der Waals surface area contributed by atoms with Gasteiger partial charge in [-0.15, -0.1) is 0 Å². The summed E-state index contributed by atoms with van der Waals surface area (Å²) >= 11 is 0. The van der Waals surface area contributed by atoms with Gasteiger partial charge in [0.25, 0.3) is 0 Å². The van der Waals surface area contributed by atoms with Crippen molar-refractivity contribution in [3.8, 4) is 17.2 Å². The second kappa shape index (κ2) is 10.4. The Labute approximate surface area is 183 Å². The van der Waals surface area contributed by atoms with E-state index in [1.165, 1.54) is 4.31 Å². The van der Waals surface area contributed by atoms with Crippen molar-refractivity contribution in [2.24, 2.45) is 0 Å². The quantitative estimate of drug-likeness (QED) is 0.601. The average molecular weight is 449 g/mol. The summed E-state index contributed by atoms with van der Waals surface area (Å²) in [5.41, 5.74) is 1.42. The first-order valence-electron chi connectivity index (χ1n) is 10.2. The van der Waals surface area contributed by atoms with E-state index in [-0.39, 0.29) is 18.9 Å². The van der Waals surface area contributed by atoms with E-state index >= 15 is 0 Å². The number of nitrogens with zero attached hydrogens (tertiary/aromatic N) is 1. The summed E-state index contributed by atoms with van der Waals surface area (Å²) in [5, 5.41) is 2.86. The van der Waals surface area contributed by atoms with Crippen molar-refractivity contribution in [3.05, 3.63) is 48.0 Å². The number of hydrogen-bond donors (Lipinski definition) is 1. The molecule has 2 aromatic carbocycles. The van der Waals surface area contributed by atoms with Gasteiger partial charge in [0, 0.05) is 25.6 Å². The van der Waals surface area contributed by atoms with E-state index in [2.05, 4.69) is 5.32 Å². The Kier molecular flexibility index (Phi) is 7.62. The zero-order chi connectivity index (χ0) is 22.3. The number of anilines is 1. The fourth-order valence-electron chi connectivity index (χ4n) is 3.26. The minimum atomic E-state index is -3.52. The minimum absolute atomic E-state index is 0.141. The molecule has 1 heterocycles. The zero-order valence-electron chi connectivity index (χ0n) is 17.8. The Morgan fingerprint density at radius 1 is 1.13 bits per heavy atom. The predicted molar refractivity (Wildman–Crippen MR) is 118 cm³/mol. The molecule has 8 nitrogen and oxygen atoms in total. The van der Waals surface area contributed by atoms with Crippen LogP contribution in [-0.4, -0.2) is 46.9 Å². The lowest BCUT2D eigenvalue weighted by molar-refractivity contribution is -0.121. The highest BCUT2D eigenvalue weighted by atomic mass is 32.2. The normalized spacial score (nSPS) is 12.8. The maximum atomic E-state index is 12.3. The molecule has 9 heteroatoms. The van der Waals surface area contributed by atoms with Gasteiger partial charge in [-0.1, -0.05) is 12.1 Å². The minimum Gasteiger partial charge on any atom is -0.494 e. The van der Waals surface area contributed by atoms with E-state index in [0.29, 0.717) is 50.0 Å². The van der Waals surface area contributed by atoms with Gasteiger partial charge in [0.2, 0.25) is 15.9 Å². The summed E-state index contributed by atoms with van der Waals surface area (Å²) in [6, 6.07) is 12.6. The number of sulfonamides is 1. The fourth-order valence-corrected chi connectivity index (χ4v) is 4.21. The Morgan fingerprint density at radius 2 is 1.90 bits per heavy atom. The van der Waals surface area contributed by atoms with Crippen molar-refractivity contribution in [1.82, 2.24) is 5.32 Å². The Morgan fingerprint density at radius 3 is 2.65 bits per heavy atom. The van der Waals surface area contributed by atoms with Crippen molar-refractivity contribution in [3.63, 3.8) is 0 Å². The van der Waals surface area contributed by atoms with Gasteiger partial charge in [0.1, 0.15) is 19.0 Å². The molecule has 1 N–H and O–H groups in total. The van der Waals surface area contributed by atoms with Crippen LogP contribution in [-0.2, 0) is 21.4 Å². The van der Waals surface area contributed by atoms with Crippen LogP contribution < -0.4 is 23.8 Å². The molecule has 0 atom stereocenters. The van der Waals surface area contributed by atoms with Crippen molar-refractivity contribution in [1.29, 1.82) is 0 Å². The van der Waals surface area contributed by atoms with E-state index < -0.39 is 10.0 Å². The van der Waals surface area contributed by atoms with Crippen LogP contribution >= 0.6 is 0 Å². The second-order valence-electron chi connectivity index (χ2n) is 7.12. The topological polar surface area (TPSA) is 94.2 Å². The molecule has 0 spiro atoms. The Hall–Kier alpha value is -2.94. The molecule has 0 aromatic heterocycles. The van der Waals surface area contributed by atoms with Gasteiger partial charge in [-0.25, -0.2) is 8.42 Å². The monoisotopic (exact) mass is 448 g/mol. The number of nitrogens with one attached hydrogen (secondary N) is 1. The van der Waals surface area contributed by atoms with E-state index in [4.69, 9.17) is 14.2 Å². The van der Waals surface area contributed by atoms with Crippen LogP contribution in [0.1, 0.15) is 25.3 Å². The molecule has 0 bridgehead atoms. The van der Waals surface area contributed by atoms with Crippen molar-refractivity contribution < 1.29 is 27.4 Å². The van der Waals surface area contributed by atoms with Crippen molar-refractivity contribution >= 4 is 21.6 Å². The maximum Gasteiger partial charge on any atom is 0.232 e. The molecule has 3 rings (SSSR count). The first-order valence-corrected chi connectivity index (χ1v) is 12.1. The smallest absolute Gasteiger partial charge is 0.232 e. The first-order chi connectivity index (χ1) is 14.9. The van der Waals surface area contributed by atoms with Gasteiger partial charge in [0.15, 0.2) is 11.5 Å². The van der Waals surface area contributed by atoms with Crippen LogP contribution in [0.4, 0.5) is 5.69 Å². The highest BCUT2D eigenvalue weighted by Gasteiger charge is 2.21. The van der Waals surface area contributed by atoms with Gasteiger partial charge in [-0.3, -0.25) is 9.10 Å². The van der Waals surface area contributed by atoms with Crippen molar-refractivity contribution in [2.75, 3.05) is 36.9 Å². The zero-order valence-corrected chi connectivity index (χ0v) is 18.6. The molecule has 0 saturated heterocycles. The van der Waals surface area contributed by atoms with E-state index in [1.54, 1.807) is 18.2 Å². The third-order valence-electron chi connectivity index (χ3n) is 4.68. The molecule has 0 saturated carbocycles. The largest absolute Gasteiger partial charge is 0.494 e. The van der Waals surface area contributed by atoms with Crippen molar-refractivity contribution in [2.45, 2.75) is 26.3 Å². The number of fused-ring (bicyclic) bond motifs is 1. The van der Waals surface area contributed by atoms with Crippen LogP contribution in [0.2, 0.25) is 0 Å². The number of amides is 1. The molecule has 1 aliphatic heterocycles.